The lowest BCUT2D eigenvalue weighted by Crippen LogP contribution is -2.21. The standard InChI is InChI=1S/C23H24N4O2/c1-16(14-28-2)26-22-21-20(17-7-5-4-6-8-17)13-27(23(21)25-15-24-22)18-9-11-19(29-3)12-10-18/h4-13,15-16H,14H2,1-3H3,(H,24,25,26)/t16-/m1/s1. The van der Waals surface area contributed by atoms with Gasteiger partial charge in [0.1, 0.15) is 17.9 Å². The van der Waals surface area contributed by atoms with Crippen LogP contribution in [0.1, 0.15) is 6.92 Å². The summed E-state index contributed by atoms with van der Waals surface area (Å²) in [6.07, 6.45) is 3.71. The first-order chi connectivity index (χ1) is 14.2. The molecule has 29 heavy (non-hydrogen) atoms. The Morgan fingerprint density at radius 1 is 1.00 bits per heavy atom. The molecule has 0 amide bonds. The Balaban J connectivity index is 1.91. The normalized spacial score (nSPS) is 12.1. The molecule has 0 saturated heterocycles. The van der Waals surface area contributed by atoms with Crippen molar-refractivity contribution in [3.63, 3.8) is 0 Å². The van der Waals surface area contributed by atoms with Crippen molar-refractivity contribution >= 4 is 16.9 Å². The molecule has 0 radical (unpaired) electrons. The molecule has 0 aliphatic rings. The van der Waals surface area contributed by atoms with Crippen LogP contribution in [0.5, 0.6) is 5.75 Å². The fourth-order valence-corrected chi connectivity index (χ4v) is 3.47. The molecule has 148 valence electrons. The van der Waals surface area contributed by atoms with E-state index in [1.165, 1.54) is 0 Å². The highest BCUT2D eigenvalue weighted by Gasteiger charge is 2.18. The molecule has 0 spiro atoms. The number of aromatic nitrogens is 3. The first-order valence-electron chi connectivity index (χ1n) is 9.52. The number of methoxy groups -OCH3 is 2. The first kappa shape index (κ1) is 19.0. The summed E-state index contributed by atoms with van der Waals surface area (Å²) < 4.78 is 12.7. The predicted molar refractivity (Wildman–Crippen MR) is 116 cm³/mol. The van der Waals surface area contributed by atoms with E-state index in [4.69, 9.17) is 9.47 Å². The van der Waals surface area contributed by atoms with Gasteiger partial charge in [-0.1, -0.05) is 30.3 Å². The molecule has 0 aliphatic heterocycles. The van der Waals surface area contributed by atoms with Gasteiger partial charge in [-0.25, -0.2) is 9.97 Å². The SMILES string of the molecule is COC[C@@H](C)Nc1ncnc2c1c(-c1ccccc1)cn2-c1ccc(OC)cc1. The highest BCUT2D eigenvalue weighted by molar-refractivity contribution is 6.02. The quantitative estimate of drug-likeness (QED) is 0.503. The van der Waals surface area contributed by atoms with Gasteiger partial charge < -0.3 is 19.4 Å². The van der Waals surface area contributed by atoms with Crippen LogP contribution in [0.3, 0.4) is 0 Å². The van der Waals surface area contributed by atoms with Gasteiger partial charge in [-0.05, 0) is 36.8 Å². The maximum atomic E-state index is 5.30. The molecule has 2 heterocycles. The van der Waals surface area contributed by atoms with Crippen LogP contribution < -0.4 is 10.1 Å². The highest BCUT2D eigenvalue weighted by atomic mass is 16.5. The fraction of sp³-hybridized carbons (Fsp3) is 0.217. The van der Waals surface area contributed by atoms with Crippen LogP contribution in [-0.4, -0.2) is 41.4 Å². The molecule has 6 heteroatoms. The average Bonchev–Trinajstić information content (AvgIpc) is 3.15. The van der Waals surface area contributed by atoms with Crippen LogP contribution in [0.25, 0.3) is 27.8 Å². The van der Waals surface area contributed by atoms with Crippen molar-refractivity contribution in [3.05, 3.63) is 67.1 Å². The number of rotatable bonds is 7. The third-order valence-electron chi connectivity index (χ3n) is 4.82. The van der Waals surface area contributed by atoms with Gasteiger partial charge in [0.05, 0.1) is 19.1 Å². The summed E-state index contributed by atoms with van der Waals surface area (Å²) in [5.41, 5.74) is 4.04. The number of hydrogen-bond acceptors (Lipinski definition) is 5. The monoisotopic (exact) mass is 388 g/mol. The summed E-state index contributed by atoms with van der Waals surface area (Å²) in [5, 5.41) is 4.45. The van der Waals surface area contributed by atoms with Crippen LogP contribution >= 0.6 is 0 Å². The van der Waals surface area contributed by atoms with Crippen LogP contribution in [0.15, 0.2) is 67.1 Å². The molecule has 4 aromatic rings. The summed E-state index contributed by atoms with van der Waals surface area (Å²) in [4.78, 5) is 9.15. The summed E-state index contributed by atoms with van der Waals surface area (Å²) in [6, 6.07) is 18.4. The summed E-state index contributed by atoms with van der Waals surface area (Å²) in [7, 11) is 3.36. The van der Waals surface area contributed by atoms with E-state index in [-0.39, 0.29) is 6.04 Å². The minimum absolute atomic E-state index is 0.117. The summed E-state index contributed by atoms with van der Waals surface area (Å²) in [5.74, 6) is 1.62. The smallest absolute Gasteiger partial charge is 0.150 e. The van der Waals surface area contributed by atoms with E-state index in [2.05, 4.69) is 45.1 Å². The van der Waals surface area contributed by atoms with Crippen molar-refractivity contribution in [1.29, 1.82) is 0 Å². The molecule has 6 nitrogen and oxygen atoms in total. The molecule has 1 N–H and O–H groups in total. The van der Waals surface area contributed by atoms with Crippen molar-refractivity contribution in [2.24, 2.45) is 0 Å². The molecule has 4 rings (SSSR count). The lowest BCUT2D eigenvalue weighted by atomic mass is 10.1. The number of hydrogen-bond donors (Lipinski definition) is 1. The lowest BCUT2D eigenvalue weighted by molar-refractivity contribution is 0.190. The van der Waals surface area contributed by atoms with Crippen molar-refractivity contribution in [3.8, 4) is 22.6 Å². The Kier molecular flexibility index (Phi) is 5.44. The zero-order valence-electron chi connectivity index (χ0n) is 16.8. The molecule has 2 aromatic carbocycles. The maximum Gasteiger partial charge on any atom is 0.150 e. The van der Waals surface area contributed by atoms with E-state index >= 15 is 0 Å². The molecule has 2 aromatic heterocycles. The van der Waals surface area contributed by atoms with E-state index < -0.39 is 0 Å². The fourth-order valence-electron chi connectivity index (χ4n) is 3.47. The number of ether oxygens (including phenoxy) is 2. The van der Waals surface area contributed by atoms with E-state index in [0.29, 0.717) is 6.61 Å². The topological polar surface area (TPSA) is 61.2 Å². The molecular formula is C23H24N4O2. The second kappa shape index (κ2) is 8.32. The van der Waals surface area contributed by atoms with Gasteiger partial charge >= 0.3 is 0 Å². The summed E-state index contributed by atoms with van der Waals surface area (Å²) >= 11 is 0. The van der Waals surface area contributed by atoms with Gasteiger partial charge in [0.15, 0.2) is 5.65 Å². The van der Waals surface area contributed by atoms with Crippen molar-refractivity contribution in [2.75, 3.05) is 26.1 Å². The van der Waals surface area contributed by atoms with E-state index in [0.717, 1.165) is 39.4 Å². The Labute approximate surface area is 170 Å². The number of nitrogens with one attached hydrogen (secondary N) is 1. The van der Waals surface area contributed by atoms with Crippen LogP contribution in [0.2, 0.25) is 0 Å². The number of benzene rings is 2. The van der Waals surface area contributed by atoms with E-state index in [1.54, 1.807) is 20.5 Å². The van der Waals surface area contributed by atoms with Gasteiger partial charge in [-0.15, -0.1) is 0 Å². The zero-order chi connectivity index (χ0) is 20.2. The van der Waals surface area contributed by atoms with Crippen LogP contribution in [0.4, 0.5) is 5.82 Å². The number of fused-ring (bicyclic) bond motifs is 1. The third-order valence-corrected chi connectivity index (χ3v) is 4.82. The van der Waals surface area contributed by atoms with Crippen LogP contribution in [0, 0.1) is 0 Å². The third kappa shape index (κ3) is 3.79. The molecule has 0 fully saturated rings. The second-order valence-corrected chi connectivity index (χ2v) is 6.90. The van der Waals surface area contributed by atoms with E-state index in [1.807, 2.05) is 42.5 Å². The maximum absolute atomic E-state index is 5.30. The molecule has 0 unspecified atom stereocenters. The van der Waals surface area contributed by atoms with Crippen molar-refractivity contribution < 1.29 is 9.47 Å². The number of anilines is 1. The Hall–Kier alpha value is -3.38. The Morgan fingerprint density at radius 2 is 1.76 bits per heavy atom. The second-order valence-electron chi connectivity index (χ2n) is 6.90. The highest BCUT2D eigenvalue weighted by Crippen LogP contribution is 2.35. The average molecular weight is 388 g/mol. The molecule has 1 atom stereocenters. The molecule has 0 bridgehead atoms. The van der Waals surface area contributed by atoms with Gasteiger partial charge in [0, 0.05) is 30.6 Å². The van der Waals surface area contributed by atoms with Gasteiger partial charge in [0.2, 0.25) is 0 Å². The van der Waals surface area contributed by atoms with Crippen molar-refractivity contribution in [1.82, 2.24) is 14.5 Å². The number of nitrogens with zero attached hydrogens (tertiary/aromatic N) is 3. The Morgan fingerprint density at radius 3 is 2.45 bits per heavy atom. The minimum Gasteiger partial charge on any atom is -0.497 e. The minimum atomic E-state index is 0.117. The molecular weight excluding hydrogens is 364 g/mol. The van der Waals surface area contributed by atoms with Crippen molar-refractivity contribution in [2.45, 2.75) is 13.0 Å². The van der Waals surface area contributed by atoms with Gasteiger partial charge in [-0.2, -0.15) is 0 Å². The van der Waals surface area contributed by atoms with E-state index in [9.17, 15) is 0 Å². The first-order valence-corrected chi connectivity index (χ1v) is 9.52. The zero-order valence-corrected chi connectivity index (χ0v) is 16.8. The Bertz CT molecular complexity index is 1090. The predicted octanol–water partition coefficient (Wildman–Crippen LogP) is 4.54. The summed E-state index contributed by atoms with van der Waals surface area (Å²) in [6.45, 7) is 2.66. The largest absolute Gasteiger partial charge is 0.497 e. The van der Waals surface area contributed by atoms with Gasteiger partial charge in [0.25, 0.3) is 0 Å². The molecule has 0 saturated carbocycles. The molecule has 0 aliphatic carbocycles. The van der Waals surface area contributed by atoms with Crippen LogP contribution in [-0.2, 0) is 4.74 Å². The van der Waals surface area contributed by atoms with Gasteiger partial charge in [-0.3, -0.25) is 0 Å². The lowest BCUT2D eigenvalue weighted by Gasteiger charge is -2.14.